The minimum atomic E-state index is -4.41. The van der Waals surface area contributed by atoms with Crippen molar-refractivity contribution in [3.8, 4) is 17.2 Å². The van der Waals surface area contributed by atoms with E-state index < -0.39 is 11.7 Å². The van der Waals surface area contributed by atoms with Gasteiger partial charge in [-0.15, -0.1) is 0 Å². The molecule has 11 nitrogen and oxygen atoms in total. The fourth-order valence-electron chi connectivity index (χ4n) is 5.20. The van der Waals surface area contributed by atoms with Crippen molar-refractivity contribution in [1.29, 1.82) is 0 Å². The van der Waals surface area contributed by atoms with Gasteiger partial charge in [-0.1, -0.05) is 12.1 Å². The highest BCUT2D eigenvalue weighted by molar-refractivity contribution is 5.87. The third-order valence-corrected chi connectivity index (χ3v) is 7.53. The van der Waals surface area contributed by atoms with Crippen molar-refractivity contribution in [3.05, 3.63) is 78.1 Å². The number of nitrogens with zero attached hydrogens (tertiary/aromatic N) is 5. The molecular formula is C32H32F3N7O4. The Morgan fingerprint density at radius 3 is 2.11 bits per heavy atom. The number of alkyl halides is 3. The monoisotopic (exact) mass is 635 g/mol. The molecule has 5 aromatic rings. The van der Waals surface area contributed by atoms with Crippen LogP contribution in [0.4, 0.5) is 42.0 Å². The molecule has 6 rings (SSSR count). The van der Waals surface area contributed by atoms with Gasteiger partial charge in [0.1, 0.15) is 0 Å². The number of methoxy groups -OCH3 is 3. The fraction of sp³-hybridized carbons (Fsp3) is 0.281. The highest BCUT2D eigenvalue weighted by atomic mass is 19.4. The number of benzene rings is 3. The summed E-state index contributed by atoms with van der Waals surface area (Å²) >= 11 is 0. The van der Waals surface area contributed by atoms with E-state index in [1.54, 1.807) is 23.0 Å². The molecular weight excluding hydrogens is 603 g/mol. The van der Waals surface area contributed by atoms with Crippen LogP contribution in [0.1, 0.15) is 11.1 Å². The molecule has 14 heteroatoms. The number of hydrogen-bond acceptors (Lipinski definition) is 10. The van der Waals surface area contributed by atoms with Gasteiger partial charge in [0.15, 0.2) is 28.5 Å². The van der Waals surface area contributed by atoms with Crippen LogP contribution in [0.15, 0.2) is 67.0 Å². The SMILES string of the molecule is COc1cc(Nc2nc(Nc3ccc(N4CCOCC4)cc3)nc3c2ncn3Cc2ccc(C(F)(F)F)cc2)cc(OC)c1OC. The quantitative estimate of drug-likeness (QED) is 0.183. The molecule has 0 amide bonds. The lowest BCUT2D eigenvalue weighted by Crippen LogP contribution is -2.36. The van der Waals surface area contributed by atoms with E-state index in [2.05, 4.69) is 20.5 Å². The van der Waals surface area contributed by atoms with Crippen LogP contribution in [-0.4, -0.2) is 67.2 Å². The van der Waals surface area contributed by atoms with Crippen molar-refractivity contribution in [2.45, 2.75) is 12.7 Å². The maximum Gasteiger partial charge on any atom is 0.416 e. The number of rotatable bonds is 10. The first-order valence-corrected chi connectivity index (χ1v) is 14.4. The Morgan fingerprint density at radius 1 is 0.826 bits per heavy atom. The number of ether oxygens (including phenoxy) is 4. The average Bonchev–Trinajstić information content (AvgIpc) is 3.47. The summed E-state index contributed by atoms with van der Waals surface area (Å²) in [4.78, 5) is 16.3. The van der Waals surface area contributed by atoms with Gasteiger partial charge in [0.2, 0.25) is 11.7 Å². The Bertz CT molecular complexity index is 1780. The summed E-state index contributed by atoms with van der Waals surface area (Å²) < 4.78 is 63.1. The van der Waals surface area contributed by atoms with E-state index in [0.29, 0.717) is 58.7 Å². The molecule has 2 N–H and O–H groups in total. The lowest BCUT2D eigenvalue weighted by molar-refractivity contribution is -0.137. The van der Waals surface area contributed by atoms with Crippen LogP contribution in [0.25, 0.3) is 11.2 Å². The number of hydrogen-bond donors (Lipinski definition) is 2. The molecule has 1 aliphatic rings. The molecule has 0 radical (unpaired) electrons. The van der Waals surface area contributed by atoms with E-state index in [-0.39, 0.29) is 12.5 Å². The van der Waals surface area contributed by atoms with E-state index in [0.717, 1.165) is 36.6 Å². The molecule has 0 aliphatic carbocycles. The van der Waals surface area contributed by atoms with Crippen LogP contribution in [0, 0.1) is 0 Å². The topological polar surface area (TPSA) is 108 Å². The van der Waals surface area contributed by atoms with Crippen molar-refractivity contribution in [1.82, 2.24) is 19.5 Å². The molecule has 0 bridgehead atoms. The molecule has 1 saturated heterocycles. The van der Waals surface area contributed by atoms with Crippen molar-refractivity contribution in [2.24, 2.45) is 0 Å². The smallest absolute Gasteiger partial charge is 0.416 e. The van der Waals surface area contributed by atoms with Crippen LogP contribution in [-0.2, 0) is 17.5 Å². The predicted octanol–water partition coefficient (Wildman–Crippen LogP) is 6.24. The molecule has 240 valence electrons. The zero-order chi connectivity index (χ0) is 32.3. The molecule has 1 fully saturated rings. The number of imidazole rings is 1. The molecule has 0 saturated carbocycles. The number of anilines is 5. The first-order valence-electron chi connectivity index (χ1n) is 14.4. The van der Waals surface area contributed by atoms with E-state index in [1.807, 2.05) is 24.3 Å². The highest BCUT2D eigenvalue weighted by Gasteiger charge is 2.30. The Kier molecular flexibility index (Phi) is 8.70. The highest BCUT2D eigenvalue weighted by Crippen LogP contribution is 2.41. The molecule has 3 heterocycles. The Labute approximate surface area is 262 Å². The van der Waals surface area contributed by atoms with Crippen LogP contribution < -0.4 is 29.7 Å². The Morgan fingerprint density at radius 2 is 1.50 bits per heavy atom. The number of nitrogens with one attached hydrogen (secondary N) is 2. The van der Waals surface area contributed by atoms with Crippen LogP contribution in [0.5, 0.6) is 17.2 Å². The first kappa shape index (κ1) is 30.8. The molecule has 46 heavy (non-hydrogen) atoms. The lowest BCUT2D eigenvalue weighted by Gasteiger charge is -2.28. The number of halogens is 3. The van der Waals surface area contributed by atoms with Gasteiger partial charge in [-0.25, -0.2) is 4.98 Å². The number of morpholine rings is 1. The van der Waals surface area contributed by atoms with E-state index >= 15 is 0 Å². The summed E-state index contributed by atoms with van der Waals surface area (Å²) in [6.07, 6.45) is -2.83. The molecule has 3 aromatic carbocycles. The zero-order valence-corrected chi connectivity index (χ0v) is 25.4. The Hall–Kier alpha value is -5.24. The summed E-state index contributed by atoms with van der Waals surface area (Å²) in [5, 5.41) is 6.58. The fourth-order valence-corrected chi connectivity index (χ4v) is 5.20. The largest absolute Gasteiger partial charge is 0.493 e. The van der Waals surface area contributed by atoms with Crippen molar-refractivity contribution in [3.63, 3.8) is 0 Å². The third kappa shape index (κ3) is 6.56. The third-order valence-electron chi connectivity index (χ3n) is 7.53. The molecule has 0 unspecified atom stereocenters. The standard InChI is InChI=1S/C32H32F3N7O4/c1-43-25-16-23(17-26(44-2)28(25)45-3)37-29-27-30(42(19-36-27)18-20-4-6-21(7-5-20)32(33,34)35)40-31(39-29)38-22-8-10-24(11-9-22)41-12-14-46-15-13-41/h4-11,16-17,19H,12-15,18H2,1-3H3,(H2,37,38,39,40). The van der Waals surface area contributed by atoms with E-state index in [9.17, 15) is 13.2 Å². The normalized spacial score (nSPS) is 13.5. The van der Waals surface area contributed by atoms with Gasteiger partial charge in [0, 0.05) is 42.3 Å². The van der Waals surface area contributed by atoms with Crippen LogP contribution in [0.2, 0.25) is 0 Å². The summed E-state index contributed by atoms with van der Waals surface area (Å²) in [6, 6.07) is 16.4. The molecule has 0 atom stereocenters. The maximum atomic E-state index is 13.1. The molecule has 0 spiro atoms. The minimum absolute atomic E-state index is 0.239. The summed E-state index contributed by atoms with van der Waals surface area (Å²) in [5.41, 5.74) is 3.31. The van der Waals surface area contributed by atoms with Crippen molar-refractivity contribution < 1.29 is 32.1 Å². The number of aromatic nitrogens is 4. The zero-order valence-electron chi connectivity index (χ0n) is 25.4. The molecule has 2 aromatic heterocycles. The second-order valence-corrected chi connectivity index (χ2v) is 10.4. The van der Waals surface area contributed by atoms with Gasteiger partial charge in [-0.05, 0) is 42.0 Å². The van der Waals surface area contributed by atoms with Crippen LogP contribution >= 0.6 is 0 Å². The second kappa shape index (κ2) is 13.0. The average molecular weight is 636 g/mol. The van der Waals surface area contributed by atoms with Gasteiger partial charge in [-0.3, -0.25) is 0 Å². The van der Waals surface area contributed by atoms with Gasteiger partial charge in [0.25, 0.3) is 0 Å². The van der Waals surface area contributed by atoms with Crippen molar-refractivity contribution in [2.75, 3.05) is 63.2 Å². The van der Waals surface area contributed by atoms with Gasteiger partial charge in [0.05, 0.1) is 53.0 Å². The predicted molar refractivity (Wildman–Crippen MR) is 168 cm³/mol. The Balaban J connectivity index is 1.36. The van der Waals surface area contributed by atoms with Gasteiger partial charge < -0.3 is 39.0 Å². The van der Waals surface area contributed by atoms with E-state index in [1.165, 1.54) is 33.5 Å². The summed E-state index contributed by atoms with van der Waals surface area (Å²) in [7, 11) is 4.58. The van der Waals surface area contributed by atoms with E-state index in [4.69, 9.17) is 28.9 Å². The van der Waals surface area contributed by atoms with Gasteiger partial charge >= 0.3 is 6.18 Å². The van der Waals surface area contributed by atoms with Gasteiger partial charge in [-0.2, -0.15) is 23.1 Å². The van der Waals surface area contributed by atoms with Crippen molar-refractivity contribution >= 4 is 40.0 Å². The number of fused-ring (bicyclic) bond motifs is 1. The summed E-state index contributed by atoms with van der Waals surface area (Å²) in [6.45, 7) is 3.27. The maximum absolute atomic E-state index is 13.1. The summed E-state index contributed by atoms with van der Waals surface area (Å²) in [5.74, 6) is 2.00. The molecule has 1 aliphatic heterocycles. The minimum Gasteiger partial charge on any atom is -0.493 e. The second-order valence-electron chi connectivity index (χ2n) is 10.4. The lowest BCUT2D eigenvalue weighted by atomic mass is 10.1. The van der Waals surface area contributed by atoms with Crippen LogP contribution in [0.3, 0.4) is 0 Å². The first-order chi connectivity index (χ1) is 22.2.